The highest BCUT2D eigenvalue weighted by Gasteiger charge is 2.17. The molecule has 3 aromatic rings. The van der Waals surface area contributed by atoms with Gasteiger partial charge in [0.1, 0.15) is 0 Å². The molecule has 1 heterocycles. The number of carbonyl (C=O) groups is 1. The van der Waals surface area contributed by atoms with Crippen LogP contribution in [0.4, 0.5) is 0 Å². The number of halogens is 2. The normalized spacial score (nSPS) is 10.9. The highest BCUT2D eigenvalue weighted by atomic mass is 79.9. The van der Waals surface area contributed by atoms with E-state index in [0.29, 0.717) is 0 Å². The van der Waals surface area contributed by atoms with Gasteiger partial charge in [-0.05, 0) is 52.7 Å². The Morgan fingerprint density at radius 1 is 1.10 bits per heavy atom. The second-order valence-corrected chi connectivity index (χ2v) is 7.20. The van der Waals surface area contributed by atoms with Gasteiger partial charge in [-0.1, -0.05) is 28.1 Å². The highest BCUT2D eigenvalue weighted by molar-refractivity contribution is 9.11. The number of rotatable bonds is 2. The molecule has 0 fully saturated rings. The van der Waals surface area contributed by atoms with Crippen LogP contribution in [0.15, 0.2) is 50.7 Å². The lowest BCUT2D eigenvalue weighted by Gasteiger charge is -2.05. The molecular formula is C16H10Br2OS. The van der Waals surface area contributed by atoms with E-state index >= 15 is 0 Å². The van der Waals surface area contributed by atoms with E-state index in [1.807, 2.05) is 48.7 Å². The molecule has 100 valence electrons. The van der Waals surface area contributed by atoms with E-state index in [9.17, 15) is 4.79 Å². The predicted molar refractivity (Wildman–Crippen MR) is 91.8 cm³/mol. The van der Waals surface area contributed by atoms with Crippen LogP contribution >= 0.6 is 43.2 Å². The van der Waals surface area contributed by atoms with Crippen molar-refractivity contribution in [3.05, 3.63) is 67.4 Å². The lowest BCUT2D eigenvalue weighted by atomic mass is 9.99. The van der Waals surface area contributed by atoms with Crippen LogP contribution < -0.4 is 0 Å². The minimum absolute atomic E-state index is 0.0827. The molecule has 2 aromatic carbocycles. The van der Waals surface area contributed by atoms with Gasteiger partial charge in [-0.3, -0.25) is 4.79 Å². The van der Waals surface area contributed by atoms with Gasteiger partial charge in [0.05, 0.1) is 0 Å². The van der Waals surface area contributed by atoms with Crippen LogP contribution in [0.2, 0.25) is 0 Å². The zero-order valence-electron chi connectivity index (χ0n) is 10.6. The summed E-state index contributed by atoms with van der Waals surface area (Å²) in [6.45, 7) is 1.96. The van der Waals surface area contributed by atoms with Gasteiger partial charge < -0.3 is 0 Å². The molecule has 4 heteroatoms. The monoisotopic (exact) mass is 408 g/mol. The summed E-state index contributed by atoms with van der Waals surface area (Å²) in [6, 6.07) is 11.7. The quantitative estimate of drug-likeness (QED) is 0.476. The van der Waals surface area contributed by atoms with E-state index in [1.54, 1.807) is 11.3 Å². The molecule has 0 aliphatic rings. The average molecular weight is 410 g/mol. The van der Waals surface area contributed by atoms with Crippen molar-refractivity contribution in [1.29, 1.82) is 0 Å². The Hall–Kier alpha value is -0.970. The van der Waals surface area contributed by atoms with Crippen LogP contribution in [0, 0.1) is 6.92 Å². The molecule has 0 unspecified atom stereocenters. The average Bonchev–Trinajstić information content (AvgIpc) is 2.83. The third-order valence-electron chi connectivity index (χ3n) is 3.23. The molecular weight excluding hydrogens is 400 g/mol. The summed E-state index contributed by atoms with van der Waals surface area (Å²) in [4.78, 5) is 12.7. The summed E-state index contributed by atoms with van der Waals surface area (Å²) in [7, 11) is 0. The number of hydrogen-bond acceptors (Lipinski definition) is 2. The van der Waals surface area contributed by atoms with Crippen LogP contribution in [0.25, 0.3) is 10.1 Å². The fourth-order valence-electron chi connectivity index (χ4n) is 2.22. The van der Waals surface area contributed by atoms with Crippen molar-refractivity contribution < 1.29 is 4.79 Å². The molecule has 3 rings (SSSR count). The van der Waals surface area contributed by atoms with E-state index < -0.39 is 0 Å². The lowest BCUT2D eigenvalue weighted by Crippen LogP contribution is -2.02. The molecule has 0 saturated carbocycles. The van der Waals surface area contributed by atoms with Crippen molar-refractivity contribution in [2.45, 2.75) is 6.92 Å². The van der Waals surface area contributed by atoms with Gasteiger partial charge >= 0.3 is 0 Å². The maximum Gasteiger partial charge on any atom is 0.194 e. The summed E-state index contributed by atoms with van der Waals surface area (Å²) in [5, 5.41) is 2.95. The first-order valence-corrected chi connectivity index (χ1v) is 8.51. The second kappa shape index (κ2) is 5.43. The maximum absolute atomic E-state index is 12.7. The molecule has 0 aliphatic heterocycles. The van der Waals surface area contributed by atoms with Gasteiger partial charge in [-0.15, -0.1) is 11.3 Å². The van der Waals surface area contributed by atoms with Crippen molar-refractivity contribution >= 4 is 59.1 Å². The first kappa shape index (κ1) is 14.0. The van der Waals surface area contributed by atoms with Crippen LogP contribution in [0.3, 0.4) is 0 Å². The van der Waals surface area contributed by atoms with Gasteiger partial charge in [-0.2, -0.15) is 0 Å². The van der Waals surface area contributed by atoms with Crippen LogP contribution in [0.5, 0.6) is 0 Å². The predicted octanol–water partition coefficient (Wildman–Crippen LogP) is 5.97. The van der Waals surface area contributed by atoms with Gasteiger partial charge in [0.25, 0.3) is 0 Å². The van der Waals surface area contributed by atoms with E-state index in [2.05, 4.69) is 31.9 Å². The Balaban J connectivity index is 2.16. The molecule has 0 aliphatic carbocycles. The molecule has 0 radical (unpaired) electrons. The molecule has 20 heavy (non-hydrogen) atoms. The number of thiophene rings is 1. The van der Waals surface area contributed by atoms with Crippen LogP contribution in [-0.4, -0.2) is 5.78 Å². The largest absolute Gasteiger partial charge is 0.289 e. The van der Waals surface area contributed by atoms with E-state index in [4.69, 9.17) is 0 Å². The number of hydrogen-bond donors (Lipinski definition) is 0. The Labute approximate surface area is 137 Å². The Morgan fingerprint density at radius 3 is 2.65 bits per heavy atom. The Morgan fingerprint density at radius 2 is 1.90 bits per heavy atom. The molecule has 0 amide bonds. The third kappa shape index (κ3) is 2.36. The fourth-order valence-corrected chi connectivity index (χ4v) is 4.30. The minimum atomic E-state index is 0.0827. The second-order valence-electron chi connectivity index (χ2n) is 4.55. The van der Waals surface area contributed by atoms with Crippen molar-refractivity contribution in [2.24, 2.45) is 0 Å². The van der Waals surface area contributed by atoms with Crippen molar-refractivity contribution in [1.82, 2.24) is 0 Å². The summed E-state index contributed by atoms with van der Waals surface area (Å²) >= 11 is 8.56. The maximum atomic E-state index is 12.7. The topological polar surface area (TPSA) is 17.1 Å². The molecule has 0 N–H and O–H groups in total. The van der Waals surface area contributed by atoms with Gasteiger partial charge in [0, 0.05) is 35.5 Å². The van der Waals surface area contributed by atoms with E-state index in [0.717, 1.165) is 35.7 Å². The standard InChI is InChI=1S/C16H10Br2OS/c1-9-7-10(17)5-6-11(9)15(19)13-8-20-16-12(13)3-2-4-14(16)18/h2-8H,1H3. The van der Waals surface area contributed by atoms with E-state index in [1.165, 1.54) is 0 Å². The molecule has 0 atom stereocenters. The van der Waals surface area contributed by atoms with Crippen molar-refractivity contribution in [3.8, 4) is 0 Å². The van der Waals surface area contributed by atoms with Gasteiger partial charge in [-0.25, -0.2) is 0 Å². The van der Waals surface area contributed by atoms with Crippen molar-refractivity contribution in [3.63, 3.8) is 0 Å². The number of benzene rings is 2. The number of fused-ring (bicyclic) bond motifs is 1. The molecule has 1 aromatic heterocycles. The minimum Gasteiger partial charge on any atom is -0.289 e. The first-order chi connectivity index (χ1) is 9.58. The number of carbonyl (C=O) groups excluding carboxylic acids is 1. The SMILES string of the molecule is Cc1cc(Br)ccc1C(=O)c1csc2c(Br)cccc12. The number of ketones is 1. The van der Waals surface area contributed by atoms with Gasteiger partial charge in [0.2, 0.25) is 0 Å². The smallest absolute Gasteiger partial charge is 0.194 e. The molecule has 0 saturated heterocycles. The van der Waals surface area contributed by atoms with Crippen LogP contribution in [0.1, 0.15) is 21.5 Å². The summed E-state index contributed by atoms with van der Waals surface area (Å²) in [5.74, 6) is 0.0827. The van der Waals surface area contributed by atoms with Crippen LogP contribution in [-0.2, 0) is 0 Å². The Bertz CT molecular complexity index is 820. The van der Waals surface area contributed by atoms with Gasteiger partial charge in [0.15, 0.2) is 5.78 Å². The zero-order chi connectivity index (χ0) is 14.3. The highest BCUT2D eigenvalue weighted by Crippen LogP contribution is 2.33. The van der Waals surface area contributed by atoms with E-state index in [-0.39, 0.29) is 5.78 Å². The molecule has 1 nitrogen and oxygen atoms in total. The zero-order valence-corrected chi connectivity index (χ0v) is 14.6. The lowest BCUT2D eigenvalue weighted by molar-refractivity contribution is 0.104. The molecule has 0 spiro atoms. The summed E-state index contributed by atoms with van der Waals surface area (Å²) in [5.41, 5.74) is 2.52. The Kier molecular flexibility index (Phi) is 3.80. The van der Waals surface area contributed by atoms with Crippen molar-refractivity contribution in [2.75, 3.05) is 0 Å². The first-order valence-electron chi connectivity index (χ1n) is 6.04. The third-order valence-corrected chi connectivity index (χ3v) is 5.68. The molecule has 0 bridgehead atoms. The summed E-state index contributed by atoms with van der Waals surface area (Å²) in [6.07, 6.45) is 0. The summed E-state index contributed by atoms with van der Waals surface area (Å²) < 4.78 is 3.14. The fraction of sp³-hybridized carbons (Fsp3) is 0.0625. The number of aryl methyl sites for hydroxylation is 1.